The molecule has 0 saturated carbocycles. The molecule has 0 amide bonds. The van der Waals surface area contributed by atoms with Crippen molar-refractivity contribution in [1.82, 2.24) is 0 Å². The van der Waals surface area contributed by atoms with Gasteiger partial charge in [0.05, 0.1) is 25.9 Å². The predicted molar refractivity (Wildman–Crippen MR) is 110 cm³/mol. The Morgan fingerprint density at radius 2 is 1.83 bits per heavy atom. The zero-order chi connectivity index (χ0) is 20.1. The quantitative estimate of drug-likeness (QED) is 0.696. The highest BCUT2D eigenvalue weighted by atomic mass is 16.7. The van der Waals surface area contributed by atoms with Gasteiger partial charge in [0, 0.05) is 22.9 Å². The summed E-state index contributed by atoms with van der Waals surface area (Å²) in [6.45, 7) is 1.83. The van der Waals surface area contributed by atoms with Crippen molar-refractivity contribution in [1.29, 1.82) is 0 Å². The van der Waals surface area contributed by atoms with Crippen LogP contribution in [0, 0.1) is 0 Å². The van der Waals surface area contributed by atoms with Crippen LogP contribution in [0.15, 0.2) is 36.4 Å². The Bertz CT molecular complexity index is 1150. The highest BCUT2D eigenvalue weighted by Gasteiger charge is 2.31. The van der Waals surface area contributed by atoms with E-state index >= 15 is 0 Å². The maximum absolute atomic E-state index is 12.1. The number of hydrogen-bond donors (Lipinski definition) is 1. The number of carbonyl (C=O) groups excluding carboxylic acids is 1. The minimum Gasteiger partial charge on any atom is -0.493 e. The van der Waals surface area contributed by atoms with Gasteiger partial charge in [0.2, 0.25) is 6.79 Å². The Morgan fingerprint density at radius 3 is 2.55 bits per heavy atom. The first kappa shape index (κ1) is 17.7. The molecule has 3 aromatic rings. The molecule has 0 bridgehead atoms. The molecular formula is C23H21NO5. The Kier molecular flexibility index (Phi) is 4.01. The van der Waals surface area contributed by atoms with E-state index in [1.165, 1.54) is 0 Å². The van der Waals surface area contributed by atoms with Crippen LogP contribution in [0.3, 0.4) is 0 Å². The summed E-state index contributed by atoms with van der Waals surface area (Å²) in [7, 11) is 3.24. The molecule has 1 atom stereocenters. The number of ether oxygens (including phenoxy) is 4. The molecular weight excluding hydrogens is 370 g/mol. The summed E-state index contributed by atoms with van der Waals surface area (Å²) in [4.78, 5) is 12.1. The molecule has 6 nitrogen and oxygen atoms in total. The molecule has 148 valence electrons. The summed E-state index contributed by atoms with van der Waals surface area (Å²) in [5.41, 5.74) is 4.00. The molecule has 0 unspecified atom stereocenters. The van der Waals surface area contributed by atoms with Crippen LogP contribution in [-0.4, -0.2) is 26.8 Å². The van der Waals surface area contributed by atoms with Crippen molar-refractivity contribution in [3.8, 4) is 34.1 Å². The lowest BCUT2D eigenvalue weighted by atomic mass is 9.85. The Morgan fingerprint density at radius 1 is 1.07 bits per heavy atom. The monoisotopic (exact) mass is 391 g/mol. The first-order valence-corrected chi connectivity index (χ1v) is 9.48. The van der Waals surface area contributed by atoms with Gasteiger partial charge in [-0.2, -0.15) is 0 Å². The van der Waals surface area contributed by atoms with Crippen molar-refractivity contribution in [2.24, 2.45) is 0 Å². The lowest BCUT2D eigenvalue weighted by molar-refractivity contribution is -0.117. The Balaban J connectivity index is 1.79. The fourth-order valence-corrected chi connectivity index (χ4v) is 4.31. The lowest BCUT2D eigenvalue weighted by Gasteiger charge is -2.32. The number of nitrogens with one attached hydrogen (secondary N) is 1. The van der Waals surface area contributed by atoms with Crippen LogP contribution in [0.1, 0.15) is 24.9 Å². The van der Waals surface area contributed by atoms with Gasteiger partial charge in [0.1, 0.15) is 5.78 Å². The molecule has 5 rings (SSSR count). The Hall–Kier alpha value is -3.41. The highest BCUT2D eigenvalue weighted by Crippen LogP contribution is 2.51. The lowest BCUT2D eigenvalue weighted by Crippen LogP contribution is -2.20. The van der Waals surface area contributed by atoms with Crippen molar-refractivity contribution >= 4 is 22.2 Å². The fraction of sp³-hybridized carbons (Fsp3) is 0.261. The molecule has 6 heteroatoms. The van der Waals surface area contributed by atoms with E-state index in [9.17, 15) is 4.79 Å². The number of hydrogen-bond acceptors (Lipinski definition) is 6. The molecule has 0 aromatic heterocycles. The largest absolute Gasteiger partial charge is 0.493 e. The first-order chi connectivity index (χ1) is 14.1. The summed E-state index contributed by atoms with van der Waals surface area (Å²) in [6.07, 6.45) is 0.344. The number of anilines is 1. The highest BCUT2D eigenvalue weighted by molar-refractivity contribution is 6.05. The first-order valence-electron chi connectivity index (χ1n) is 9.48. The van der Waals surface area contributed by atoms with Crippen molar-refractivity contribution in [2.75, 3.05) is 26.3 Å². The van der Waals surface area contributed by atoms with Crippen molar-refractivity contribution in [3.05, 3.63) is 42.0 Å². The third-order valence-corrected chi connectivity index (χ3v) is 5.55. The summed E-state index contributed by atoms with van der Waals surface area (Å²) in [5.74, 6) is 2.88. The number of fused-ring (bicyclic) bond motifs is 6. The fourth-order valence-electron chi connectivity index (χ4n) is 4.31. The molecule has 29 heavy (non-hydrogen) atoms. The normalized spacial score (nSPS) is 16.0. The maximum Gasteiger partial charge on any atom is 0.231 e. The second-order valence-electron chi connectivity index (χ2n) is 7.28. The predicted octanol–water partition coefficient (Wildman–Crippen LogP) is 4.70. The van der Waals surface area contributed by atoms with Crippen LogP contribution in [0.25, 0.3) is 21.9 Å². The minimum absolute atomic E-state index is 0.0969. The third-order valence-electron chi connectivity index (χ3n) is 5.55. The van der Waals surface area contributed by atoms with E-state index in [1.807, 2.05) is 24.3 Å². The van der Waals surface area contributed by atoms with E-state index in [4.69, 9.17) is 18.9 Å². The molecule has 3 aromatic carbocycles. The van der Waals surface area contributed by atoms with Gasteiger partial charge in [-0.15, -0.1) is 0 Å². The molecule has 2 aliphatic rings. The third kappa shape index (κ3) is 2.67. The molecule has 0 radical (unpaired) electrons. The Labute approximate surface area is 168 Å². The van der Waals surface area contributed by atoms with Gasteiger partial charge in [-0.1, -0.05) is 12.1 Å². The maximum atomic E-state index is 12.1. The van der Waals surface area contributed by atoms with Crippen LogP contribution in [0.4, 0.5) is 5.69 Å². The van der Waals surface area contributed by atoms with E-state index in [0.717, 1.165) is 44.6 Å². The number of benzene rings is 3. The number of carbonyl (C=O) groups is 1. The molecule has 0 saturated heterocycles. The van der Waals surface area contributed by atoms with Gasteiger partial charge in [-0.3, -0.25) is 4.79 Å². The SMILES string of the molecule is COc1ccc2c(c1OC)[C@@H](CC(C)=O)Nc1c-2ccc2cc3c(cc12)OCO3. The topological polar surface area (TPSA) is 66.0 Å². The van der Waals surface area contributed by atoms with Crippen LogP contribution in [0.5, 0.6) is 23.0 Å². The van der Waals surface area contributed by atoms with Gasteiger partial charge in [-0.05, 0) is 42.1 Å². The molecule has 1 N–H and O–H groups in total. The van der Waals surface area contributed by atoms with Crippen LogP contribution in [0.2, 0.25) is 0 Å². The zero-order valence-electron chi connectivity index (χ0n) is 16.5. The number of rotatable bonds is 4. The van der Waals surface area contributed by atoms with E-state index in [-0.39, 0.29) is 18.6 Å². The number of Topliss-reactive ketones (excluding diaryl/α,β-unsaturated/α-hetero) is 1. The number of methoxy groups -OCH3 is 2. The standard InChI is InChI=1S/C23H21NO5/c1-12(25)8-17-21-14(6-7-18(26-2)23(21)27-3)15-5-4-13-9-19-20(29-11-28-19)10-16(13)22(15)24-17/h4-7,9-10,17,24H,8,11H2,1-3H3/t17-/m1/s1. The summed E-state index contributed by atoms with van der Waals surface area (Å²) in [6, 6.07) is 11.9. The van der Waals surface area contributed by atoms with E-state index in [0.29, 0.717) is 17.9 Å². The van der Waals surface area contributed by atoms with E-state index in [2.05, 4.69) is 17.4 Å². The molecule has 2 aliphatic heterocycles. The second-order valence-corrected chi connectivity index (χ2v) is 7.28. The minimum atomic E-state index is -0.226. The summed E-state index contributed by atoms with van der Waals surface area (Å²) in [5, 5.41) is 5.67. The summed E-state index contributed by atoms with van der Waals surface area (Å²) < 4.78 is 22.3. The molecule has 0 fully saturated rings. The van der Waals surface area contributed by atoms with Crippen LogP contribution in [-0.2, 0) is 4.79 Å². The van der Waals surface area contributed by atoms with Crippen molar-refractivity contribution in [2.45, 2.75) is 19.4 Å². The van der Waals surface area contributed by atoms with Gasteiger partial charge in [0.15, 0.2) is 23.0 Å². The second kappa shape index (κ2) is 6.58. The average molecular weight is 391 g/mol. The van der Waals surface area contributed by atoms with E-state index in [1.54, 1.807) is 21.1 Å². The number of ketones is 1. The van der Waals surface area contributed by atoms with Crippen LogP contribution >= 0.6 is 0 Å². The van der Waals surface area contributed by atoms with Gasteiger partial charge in [0.25, 0.3) is 0 Å². The van der Waals surface area contributed by atoms with E-state index < -0.39 is 0 Å². The smallest absolute Gasteiger partial charge is 0.231 e. The molecule has 0 spiro atoms. The average Bonchev–Trinajstić information content (AvgIpc) is 3.18. The molecule has 0 aliphatic carbocycles. The van der Waals surface area contributed by atoms with Crippen molar-refractivity contribution < 1.29 is 23.7 Å². The van der Waals surface area contributed by atoms with Gasteiger partial charge < -0.3 is 24.3 Å². The molecule has 2 heterocycles. The van der Waals surface area contributed by atoms with Crippen molar-refractivity contribution in [3.63, 3.8) is 0 Å². The van der Waals surface area contributed by atoms with Gasteiger partial charge >= 0.3 is 0 Å². The van der Waals surface area contributed by atoms with Gasteiger partial charge in [-0.25, -0.2) is 0 Å². The zero-order valence-corrected chi connectivity index (χ0v) is 16.5. The summed E-state index contributed by atoms with van der Waals surface area (Å²) >= 11 is 0. The van der Waals surface area contributed by atoms with Crippen LogP contribution < -0.4 is 24.3 Å².